The van der Waals surface area contributed by atoms with Crippen molar-refractivity contribution in [2.45, 2.75) is 13.8 Å². The topological polar surface area (TPSA) is 66.4 Å². The van der Waals surface area contributed by atoms with Gasteiger partial charge in [0, 0.05) is 0 Å². The van der Waals surface area contributed by atoms with Crippen LogP contribution >= 0.6 is 0 Å². The number of benzene rings is 2. The van der Waals surface area contributed by atoms with Crippen LogP contribution in [-0.4, -0.2) is 17.0 Å². The van der Waals surface area contributed by atoms with Gasteiger partial charge in [-0.1, -0.05) is 17.7 Å². The molecular weight excluding hydrogens is 273 g/mol. The summed E-state index contributed by atoms with van der Waals surface area (Å²) >= 11 is 0. The zero-order chi connectivity index (χ0) is 15.6. The van der Waals surface area contributed by atoms with Gasteiger partial charge in [0.2, 0.25) is 0 Å². The molecule has 2 aromatic rings. The summed E-state index contributed by atoms with van der Waals surface area (Å²) in [6.07, 6.45) is 0. The van der Waals surface area contributed by atoms with Crippen LogP contribution in [0.2, 0.25) is 0 Å². The lowest BCUT2D eigenvalue weighted by molar-refractivity contribution is 0.0698. The van der Waals surface area contributed by atoms with E-state index in [9.17, 15) is 14.0 Å². The first-order valence-corrected chi connectivity index (χ1v) is 6.30. The van der Waals surface area contributed by atoms with Crippen molar-refractivity contribution >= 4 is 17.6 Å². The normalized spacial score (nSPS) is 10.2. The molecule has 0 fully saturated rings. The van der Waals surface area contributed by atoms with E-state index in [-0.39, 0.29) is 16.8 Å². The van der Waals surface area contributed by atoms with E-state index in [2.05, 4.69) is 5.32 Å². The van der Waals surface area contributed by atoms with Crippen molar-refractivity contribution < 1.29 is 19.1 Å². The first-order valence-electron chi connectivity index (χ1n) is 6.30. The number of nitrogens with one attached hydrogen (secondary N) is 1. The summed E-state index contributed by atoms with van der Waals surface area (Å²) in [5.74, 6) is -2.48. The van der Waals surface area contributed by atoms with Crippen LogP contribution in [0.15, 0.2) is 36.4 Å². The SMILES string of the molecule is Cc1ccc(C(=O)Nc2ccc(C)cc2C(=O)O)c(F)c1. The highest BCUT2D eigenvalue weighted by Gasteiger charge is 2.16. The lowest BCUT2D eigenvalue weighted by atomic mass is 10.1. The molecule has 0 saturated heterocycles. The number of carbonyl (C=O) groups is 2. The maximum Gasteiger partial charge on any atom is 0.337 e. The monoisotopic (exact) mass is 287 g/mol. The van der Waals surface area contributed by atoms with Crippen LogP contribution in [-0.2, 0) is 0 Å². The van der Waals surface area contributed by atoms with Gasteiger partial charge in [0.1, 0.15) is 5.82 Å². The van der Waals surface area contributed by atoms with E-state index in [0.29, 0.717) is 5.56 Å². The van der Waals surface area contributed by atoms with Gasteiger partial charge in [-0.3, -0.25) is 4.79 Å². The summed E-state index contributed by atoms with van der Waals surface area (Å²) in [4.78, 5) is 23.2. The number of aryl methyl sites for hydroxylation is 2. The highest BCUT2D eigenvalue weighted by molar-refractivity contribution is 6.07. The fraction of sp³-hybridized carbons (Fsp3) is 0.125. The van der Waals surface area contributed by atoms with Crippen LogP contribution < -0.4 is 5.32 Å². The number of hydrogen-bond acceptors (Lipinski definition) is 2. The second kappa shape index (κ2) is 5.75. The molecule has 0 atom stereocenters. The molecule has 4 nitrogen and oxygen atoms in total. The van der Waals surface area contributed by atoms with Crippen LogP contribution in [0.1, 0.15) is 31.8 Å². The minimum atomic E-state index is -1.15. The Morgan fingerprint density at radius 2 is 1.62 bits per heavy atom. The van der Waals surface area contributed by atoms with Crippen molar-refractivity contribution in [2.75, 3.05) is 5.32 Å². The molecule has 0 unspecified atom stereocenters. The van der Waals surface area contributed by atoms with Gasteiger partial charge >= 0.3 is 5.97 Å². The Bertz CT molecular complexity index is 725. The molecule has 2 rings (SSSR count). The zero-order valence-corrected chi connectivity index (χ0v) is 11.6. The predicted molar refractivity (Wildman–Crippen MR) is 77.2 cm³/mol. The predicted octanol–water partition coefficient (Wildman–Crippen LogP) is 3.39. The Balaban J connectivity index is 2.34. The molecule has 0 aliphatic rings. The molecule has 0 saturated carbocycles. The van der Waals surface area contributed by atoms with Crippen molar-refractivity contribution in [3.63, 3.8) is 0 Å². The second-order valence-corrected chi connectivity index (χ2v) is 4.79. The van der Waals surface area contributed by atoms with Gasteiger partial charge in [0.05, 0.1) is 16.8 Å². The number of carboxylic acid groups (broad SMARTS) is 1. The number of amides is 1. The largest absolute Gasteiger partial charge is 0.478 e. The molecular formula is C16H14FNO3. The number of halogens is 1. The lowest BCUT2D eigenvalue weighted by Crippen LogP contribution is -2.16. The van der Waals surface area contributed by atoms with Crippen LogP contribution in [0.25, 0.3) is 0 Å². The minimum Gasteiger partial charge on any atom is -0.478 e. The molecule has 5 heteroatoms. The van der Waals surface area contributed by atoms with Gasteiger partial charge < -0.3 is 10.4 Å². The van der Waals surface area contributed by atoms with Crippen molar-refractivity contribution in [3.8, 4) is 0 Å². The molecule has 0 aliphatic carbocycles. The summed E-state index contributed by atoms with van der Waals surface area (Å²) in [6.45, 7) is 3.46. The molecule has 2 aromatic carbocycles. The number of hydrogen-bond donors (Lipinski definition) is 2. The smallest absolute Gasteiger partial charge is 0.337 e. The summed E-state index contributed by atoms with van der Waals surface area (Å²) < 4.78 is 13.7. The van der Waals surface area contributed by atoms with Crippen molar-refractivity contribution in [2.24, 2.45) is 0 Å². The van der Waals surface area contributed by atoms with Gasteiger partial charge in [0.25, 0.3) is 5.91 Å². The molecule has 1 amide bonds. The number of carboxylic acids is 1. The third-order valence-electron chi connectivity index (χ3n) is 3.02. The van der Waals surface area contributed by atoms with E-state index in [4.69, 9.17) is 5.11 Å². The van der Waals surface area contributed by atoms with Crippen molar-refractivity contribution in [1.29, 1.82) is 0 Å². The Labute approximate surface area is 121 Å². The summed E-state index contributed by atoms with van der Waals surface area (Å²) in [6, 6.07) is 8.85. The molecule has 2 N–H and O–H groups in total. The number of anilines is 1. The van der Waals surface area contributed by atoms with Gasteiger partial charge in [-0.25, -0.2) is 9.18 Å². The molecule has 0 aromatic heterocycles. The zero-order valence-electron chi connectivity index (χ0n) is 11.6. The van der Waals surface area contributed by atoms with Crippen molar-refractivity contribution in [1.82, 2.24) is 0 Å². The molecule has 0 aliphatic heterocycles. The maximum atomic E-state index is 13.7. The second-order valence-electron chi connectivity index (χ2n) is 4.79. The molecule has 0 heterocycles. The number of rotatable bonds is 3. The van der Waals surface area contributed by atoms with Crippen LogP contribution in [0.4, 0.5) is 10.1 Å². The minimum absolute atomic E-state index is 0.0316. The molecule has 108 valence electrons. The average molecular weight is 287 g/mol. The van der Waals surface area contributed by atoms with Gasteiger partial charge in [-0.15, -0.1) is 0 Å². The fourth-order valence-electron chi connectivity index (χ4n) is 1.94. The Kier molecular flexibility index (Phi) is 4.03. The van der Waals surface area contributed by atoms with E-state index < -0.39 is 17.7 Å². The molecule has 21 heavy (non-hydrogen) atoms. The summed E-state index contributed by atoms with van der Waals surface area (Å²) in [5, 5.41) is 11.6. The van der Waals surface area contributed by atoms with Crippen LogP contribution in [0.3, 0.4) is 0 Å². The van der Waals surface area contributed by atoms with Gasteiger partial charge in [-0.2, -0.15) is 0 Å². The Morgan fingerprint density at radius 1 is 1.00 bits per heavy atom. The van der Waals surface area contributed by atoms with Crippen LogP contribution in [0.5, 0.6) is 0 Å². The van der Waals surface area contributed by atoms with E-state index in [0.717, 1.165) is 5.56 Å². The highest BCUT2D eigenvalue weighted by atomic mass is 19.1. The fourth-order valence-corrected chi connectivity index (χ4v) is 1.94. The first-order chi connectivity index (χ1) is 9.88. The van der Waals surface area contributed by atoms with E-state index in [1.54, 1.807) is 26.0 Å². The third kappa shape index (κ3) is 3.25. The quantitative estimate of drug-likeness (QED) is 0.909. The van der Waals surface area contributed by atoms with E-state index in [1.165, 1.54) is 24.3 Å². The molecule has 0 spiro atoms. The van der Waals surface area contributed by atoms with E-state index in [1.807, 2.05) is 0 Å². The average Bonchev–Trinajstić information content (AvgIpc) is 2.40. The van der Waals surface area contributed by atoms with Gasteiger partial charge in [-0.05, 0) is 43.7 Å². The molecule has 0 bridgehead atoms. The molecule has 0 radical (unpaired) electrons. The standard InChI is InChI=1S/C16H14FNO3/c1-9-4-6-14(12(7-9)16(20)21)18-15(19)11-5-3-10(2)8-13(11)17/h3-8H,1-2H3,(H,18,19)(H,20,21). The van der Waals surface area contributed by atoms with Crippen molar-refractivity contribution in [3.05, 3.63) is 64.5 Å². The number of aromatic carboxylic acids is 1. The number of carbonyl (C=O) groups excluding carboxylic acids is 1. The maximum absolute atomic E-state index is 13.7. The lowest BCUT2D eigenvalue weighted by Gasteiger charge is -2.10. The van der Waals surface area contributed by atoms with Crippen LogP contribution in [0, 0.1) is 19.7 Å². The highest BCUT2D eigenvalue weighted by Crippen LogP contribution is 2.19. The first kappa shape index (κ1) is 14.7. The summed E-state index contributed by atoms with van der Waals surface area (Å²) in [5.41, 5.74) is 1.43. The Morgan fingerprint density at radius 3 is 2.24 bits per heavy atom. The Hall–Kier alpha value is -2.69. The van der Waals surface area contributed by atoms with E-state index >= 15 is 0 Å². The van der Waals surface area contributed by atoms with Gasteiger partial charge in [0.15, 0.2) is 0 Å². The summed E-state index contributed by atoms with van der Waals surface area (Å²) in [7, 11) is 0. The third-order valence-corrected chi connectivity index (χ3v) is 3.02.